The summed E-state index contributed by atoms with van der Waals surface area (Å²) in [5.74, 6) is -2.15. The minimum Gasteiger partial charge on any atom is -0.350 e. The van der Waals surface area contributed by atoms with Crippen LogP contribution in [0.4, 0.5) is 13.6 Å². The highest BCUT2D eigenvalue weighted by Crippen LogP contribution is 2.32. The van der Waals surface area contributed by atoms with Crippen molar-refractivity contribution in [3.05, 3.63) is 74.6 Å². The van der Waals surface area contributed by atoms with E-state index in [1.807, 2.05) is 0 Å². The molecule has 0 spiro atoms. The molecule has 3 rings (SSSR count). The maximum Gasteiger partial charge on any atom is 0.293 e. The molecule has 0 radical (unpaired) electrons. The Hall–Kier alpha value is -2.52. The van der Waals surface area contributed by atoms with Crippen molar-refractivity contribution in [1.82, 2.24) is 10.2 Å². The number of nitrogens with zero attached hydrogens (tertiary/aromatic N) is 1. The summed E-state index contributed by atoms with van der Waals surface area (Å²) in [6, 6.07) is 9.67. The van der Waals surface area contributed by atoms with Crippen LogP contribution in [0.1, 0.15) is 15.9 Å². The summed E-state index contributed by atoms with van der Waals surface area (Å²) in [6.45, 7) is -0.0561. The molecule has 0 aliphatic carbocycles. The Labute approximate surface area is 171 Å². The Morgan fingerprint density at radius 1 is 1.18 bits per heavy atom. The first kappa shape index (κ1) is 20.2. The topological polar surface area (TPSA) is 66.5 Å². The normalized spacial score (nSPS) is 15.4. The number of amides is 3. The number of imide groups is 1. The number of nitrogens with one attached hydrogen (secondary N) is 1. The molecule has 144 valence electrons. The van der Waals surface area contributed by atoms with E-state index in [0.29, 0.717) is 16.2 Å². The Morgan fingerprint density at radius 3 is 2.64 bits per heavy atom. The number of benzene rings is 2. The maximum absolute atomic E-state index is 13.7. The predicted octanol–water partition coefficient (Wildman–Crippen LogP) is 4.19. The Morgan fingerprint density at radius 2 is 1.93 bits per heavy atom. The van der Waals surface area contributed by atoms with Gasteiger partial charge in [-0.1, -0.05) is 34.1 Å². The molecule has 0 unspecified atom stereocenters. The summed E-state index contributed by atoms with van der Waals surface area (Å²) >= 11 is 3.81. The highest BCUT2D eigenvalue weighted by molar-refractivity contribution is 9.10. The van der Waals surface area contributed by atoms with E-state index < -0.39 is 28.7 Å². The van der Waals surface area contributed by atoms with Gasteiger partial charge >= 0.3 is 0 Å². The van der Waals surface area contributed by atoms with Gasteiger partial charge in [0.25, 0.3) is 17.1 Å². The van der Waals surface area contributed by atoms with Gasteiger partial charge in [0.2, 0.25) is 0 Å². The highest BCUT2D eigenvalue weighted by Gasteiger charge is 2.34. The molecular formula is C19H13BrF2N2O3S. The van der Waals surface area contributed by atoms with Crippen molar-refractivity contribution in [2.75, 3.05) is 13.1 Å². The van der Waals surface area contributed by atoms with E-state index >= 15 is 0 Å². The zero-order chi connectivity index (χ0) is 20.3. The molecule has 0 atom stereocenters. The fraction of sp³-hybridized carbons (Fsp3) is 0.105. The third kappa shape index (κ3) is 4.66. The van der Waals surface area contributed by atoms with Crippen molar-refractivity contribution in [2.24, 2.45) is 0 Å². The lowest BCUT2D eigenvalue weighted by Gasteiger charge is -2.13. The third-order valence-electron chi connectivity index (χ3n) is 3.81. The number of thioether (sulfide) groups is 1. The van der Waals surface area contributed by atoms with Gasteiger partial charge < -0.3 is 5.32 Å². The molecule has 1 aliphatic heterocycles. The highest BCUT2D eigenvalue weighted by atomic mass is 79.9. The quantitative estimate of drug-likeness (QED) is 0.670. The van der Waals surface area contributed by atoms with Gasteiger partial charge in [0, 0.05) is 28.7 Å². The lowest BCUT2D eigenvalue weighted by molar-refractivity contribution is -0.122. The molecule has 1 N–H and O–H groups in total. The summed E-state index contributed by atoms with van der Waals surface area (Å²) in [6.07, 6.45) is 1.32. The zero-order valence-electron chi connectivity index (χ0n) is 14.2. The van der Waals surface area contributed by atoms with E-state index in [1.54, 1.807) is 6.07 Å². The molecule has 9 heteroatoms. The van der Waals surface area contributed by atoms with Crippen LogP contribution in [0.2, 0.25) is 0 Å². The van der Waals surface area contributed by atoms with Crippen molar-refractivity contribution < 1.29 is 23.2 Å². The summed E-state index contributed by atoms with van der Waals surface area (Å²) in [5.41, 5.74) is 0.318. The van der Waals surface area contributed by atoms with Crippen LogP contribution in [-0.4, -0.2) is 35.0 Å². The van der Waals surface area contributed by atoms with Gasteiger partial charge in [-0.05, 0) is 42.1 Å². The summed E-state index contributed by atoms with van der Waals surface area (Å²) in [5, 5.41) is 2.03. The van der Waals surface area contributed by atoms with Gasteiger partial charge in [0.1, 0.15) is 11.6 Å². The van der Waals surface area contributed by atoms with Gasteiger partial charge in [-0.25, -0.2) is 8.78 Å². The van der Waals surface area contributed by atoms with Crippen LogP contribution < -0.4 is 5.32 Å². The minimum absolute atomic E-state index is 0.00200. The first-order valence-electron chi connectivity index (χ1n) is 8.09. The smallest absolute Gasteiger partial charge is 0.293 e. The molecule has 2 aromatic carbocycles. The molecule has 1 fully saturated rings. The number of rotatable bonds is 5. The molecule has 0 bridgehead atoms. The van der Waals surface area contributed by atoms with Crippen LogP contribution in [0.15, 0.2) is 51.8 Å². The third-order valence-corrected chi connectivity index (χ3v) is 5.18. The van der Waals surface area contributed by atoms with Crippen molar-refractivity contribution >= 4 is 50.8 Å². The van der Waals surface area contributed by atoms with Crippen molar-refractivity contribution in [3.63, 3.8) is 0 Å². The van der Waals surface area contributed by atoms with Crippen molar-refractivity contribution in [2.45, 2.75) is 0 Å². The van der Waals surface area contributed by atoms with Crippen molar-refractivity contribution in [1.29, 1.82) is 0 Å². The summed E-state index contributed by atoms with van der Waals surface area (Å²) in [7, 11) is 0. The van der Waals surface area contributed by atoms with Gasteiger partial charge in [0.15, 0.2) is 0 Å². The standard InChI is InChI=1S/C19H13BrF2N2O3S/c20-13-7-12(8-14(21)10-13)17(25)23-5-6-24-18(26)16(28-19(24)27)9-11-3-1-2-4-15(11)22/h1-4,7-10H,5-6H2,(H,23,25)/b16-9-. The second kappa shape index (κ2) is 8.66. The first-order valence-corrected chi connectivity index (χ1v) is 9.70. The second-order valence-corrected chi connectivity index (χ2v) is 7.68. The number of hydrogen-bond acceptors (Lipinski definition) is 4. The Balaban J connectivity index is 1.62. The average molecular weight is 467 g/mol. The lowest BCUT2D eigenvalue weighted by Crippen LogP contribution is -2.37. The van der Waals surface area contributed by atoms with Gasteiger partial charge in [-0.15, -0.1) is 0 Å². The molecule has 2 aromatic rings. The lowest BCUT2D eigenvalue weighted by atomic mass is 10.2. The molecular weight excluding hydrogens is 454 g/mol. The van der Waals surface area contributed by atoms with E-state index in [4.69, 9.17) is 0 Å². The maximum atomic E-state index is 13.7. The SMILES string of the molecule is O=C(NCCN1C(=O)S/C(=C\c2ccccc2F)C1=O)c1cc(F)cc(Br)c1. The number of halogens is 3. The molecule has 0 aromatic heterocycles. The van der Waals surface area contributed by atoms with Crippen LogP contribution in [0, 0.1) is 11.6 Å². The molecule has 1 heterocycles. The van der Waals surface area contributed by atoms with E-state index in [2.05, 4.69) is 21.2 Å². The first-order chi connectivity index (χ1) is 13.3. The fourth-order valence-electron chi connectivity index (χ4n) is 2.49. The van der Waals surface area contributed by atoms with E-state index in [1.165, 1.54) is 36.4 Å². The monoisotopic (exact) mass is 466 g/mol. The second-order valence-electron chi connectivity index (χ2n) is 5.77. The van der Waals surface area contributed by atoms with Crippen LogP contribution in [0.3, 0.4) is 0 Å². The Bertz CT molecular complexity index is 977. The minimum atomic E-state index is -0.566. The molecule has 28 heavy (non-hydrogen) atoms. The van der Waals surface area contributed by atoms with E-state index in [-0.39, 0.29) is 29.1 Å². The van der Waals surface area contributed by atoms with Gasteiger partial charge in [0.05, 0.1) is 4.91 Å². The summed E-state index contributed by atoms with van der Waals surface area (Å²) < 4.78 is 27.5. The van der Waals surface area contributed by atoms with E-state index in [9.17, 15) is 23.2 Å². The number of carbonyl (C=O) groups excluding carboxylic acids is 3. The molecule has 5 nitrogen and oxygen atoms in total. The van der Waals surface area contributed by atoms with Crippen LogP contribution >= 0.6 is 27.7 Å². The number of hydrogen-bond donors (Lipinski definition) is 1. The van der Waals surface area contributed by atoms with Gasteiger partial charge in [-0.2, -0.15) is 0 Å². The van der Waals surface area contributed by atoms with Crippen molar-refractivity contribution in [3.8, 4) is 0 Å². The average Bonchev–Trinajstić information content (AvgIpc) is 2.90. The largest absolute Gasteiger partial charge is 0.350 e. The molecule has 1 aliphatic rings. The molecule has 3 amide bonds. The van der Waals surface area contributed by atoms with Crippen LogP contribution in [-0.2, 0) is 4.79 Å². The number of carbonyl (C=O) groups is 3. The van der Waals surface area contributed by atoms with E-state index in [0.717, 1.165) is 11.0 Å². The zero-order valence-corrected chi connectivity index (χ0v) is 16.6. The van der Waals surface area contributed by atoms with Gasteiger partial charge in [-0.3, -0.25) is 19.3 Å². The fourth-order valence-corrected chi connectivity index (χ4v) is 3.82. The molecule has 0 saturated carbocycles. The van der Waals surface area contributed by atoms with Crippen LogP contribution in [0.5, 0.6) is 0 Å². The molecule has 1 saturated heterocycles. The Kier molecular flexibility index (Phi) is 6.25. The summed E-state index contributed by atoms with van der Waals surface area (Å²) in [4.78, 5) is 37.6. The predicted molar refractivity (Wildman–Crippen MR) is 106 cm³/mol. The van der Waals surface area contributed by atoms with Crippen LogP contribution in [0.25, 0.3) is 6.08 Å².